The fourth-order valence-electron chi connectivity index (χ4n) is 2.12. The molecule has 0 fully saturated rings. The third-order valence-electron chi connectivity index (χ3n) is 2.99. The SMILES string of the molecule is CCCCC(O)CC(C)Cc1ccccc1. The molecule has 2 unspecified atom stereocenters. The number of benzene rings is 1. The smallest absolute Gasteiger partial charge is 0.0542 e. The third-order valence-corrected chi connectivity index (χ3v) is 2.99. The lowest BCUT2D eigenvalue weighted by atomic mass is 9.94. The van der Waals surface area contributed by atoms with Gasteiger partial charge in [-0.25, -0.2) is 0 Å². The van der Waals surface area contributed by atoms with Crippen LogP contribution in [0.4, 0.5) is 0 Å². The Kier molecular flexibility index (Phi) is 6.17. The van der Waals surface area contributed by atoms with E-state index in [1.165, 1.54) is 12.0 Å². The molecule has 0 bridgehead atoms. The Morgan fingerprint density at radius 3 is 2.50 bits per heavy atom. The molecule has 0 aromatic heterocycles. The number of hydrogen-bond donors (Lipinski definition) is 1. The van der Waals surface area contributed by atoms with Gasteiger partial charge in [0.2, 0.25) is 0 Å². The van der Waals surface area contributed by atoms with Gasteiger partial charge in [-0.05, 0) is 30.7 Å². The Balaban J connectivity index is 2.27. The molecular weight excluding hydrogens is 196 g/mol. The molecule has 1 nitrogen and oxygen atoms in total. The molecule has 0 aliphatic rings. The molecule has 1 heteroatoms. The number of unbranched alkanes of at least 4 members (excludes halogenated alkanes) is 1. The number of hydrogen-bond acceptors (Lipinski definition) is 1. The highest BCUT2D eigenvalue weighted by Crippen LogP contribution is 2.16. The summed E-state index contributed by atoms with van der Waals surface area (Å²) in [7, 11) is 0. The van der Waals surface area contributed by atoms with Crippen LogP contribution in [0.1, 0.15) is 45.1 Å². The Morgan fingerprint density at radius 2 is 1.88 bits per heavy atom. The molecule has 90 valence electrons. The molecule has 1 rings (SSSR count). The van der Waals surface area contributed by atoms with Gasteiger partial charge in [-0.3, -0.25) is 0 Å². The molecule has 2 atom stereocenters. The lowest BCUT2D eigenvalue weighted by Gasteiger charge is -2.16. The summed E-state index contributed by atoms with van der Waals surface area (Å²) < 4.78 is 0. The van der Waals surface area contributed by atoms with E-state index in [2.05, 4.69) is 38.1 Å². The van der Waals surface area contributed by atoms with E-state index in [9.17, 15) is 5.11 Å². The van der Waals surface area contributed by atoms with Crippen molar-refractivity contribution in [3.63, 3.8) is 0 Å². The van der Waals surface area contributed by atoms with Gasteiger partial charge in [0.15, 0.2) is 0 Å². The summed E-state index contributed by atoms with van der Waals surface area (Å²) in [6.07, 6.45) is 5.15. The molecule has 0 aliphatic heterocycles. The van der Waals surface area contributed by atoms with Crippen LogP contribution in [-0.2, 0) is 6.42 Å². The van der Waals surface area contributed by atoms with E-state index >= 15 is 0 Å². The first kappa shape index (κ1) is 13.2. The maximum Gasteiger partial charge on any atom is 0.0542 e. The average molecular weight is 220 g/mol. The standard InChI is InChI=1S/C15H24O/c1-3-4-10-15(16)12-13(2)11-14-8-6-5-7-9-14/h5-9,13,15-16H,3-4,10-12H2,1-2H3. The van der Waals surface area contributed by atoms with Gasteiger partial charge >= 0.3 is 0 Å². The van der Waals surface area contributed by atoms with Gasteiger partial charge in [-0.15, -0.1) is 0 Å². The minimum Gasteiger partial charge on any atom is -0.393 e. The third kappa shape index (κ3) is 5.32. The van der Waals surface area contributed by atoms with E-state index < -0.39 is 0 Å². The van der Waals surface area contributed by atoms with Crippen LogP contribution in [-0.4, -0.2) is 11.2 Å². The molecule has 0 saturated carbocycles. The lowest BCUT2D eigenvalue weighted by molar-refractivity contribution is 0.133. The lowest BCUT2D eigenvalue weighted by Crippen LogP contribution is -2.13. The summed E-state index contributed by atoms with van der Waals surface area (Å²) in [6.45, 7) is 4.39. The van der Waals surface area contributed by atoms with Crippen LogP contribution in [0.5, 0.6) is 0 Å². The minimum absolute atomic E-state index is 0.112. The summed E-state index contributed by atoms with van der Waals surface area (Å²) in [5.41, 5.74) is 1.37. The number of aliphatic hydroxyl groups excluding tert-OH is 1. The predicted octanol–water partition coefficient (Wildman–Crippen LogP) is 3.81. The highest BCUT2D eigenvalue weighted by molar-refractivity contribution is 5.15. The van der Waals surface area contributed by atoms with Crippen molar-refractivity contribution in [2.24, 2.45) is 5.92 Å². The summed E-state index contributed by atoms with van der Waals surface area (Å²) in [4.78, 5) is 0. The Morgan fingerprint density at radius 1 is 1.19 bits per heavy atom. The first-order chi connectivity index (χ1) is 7.72. The van der Waals surface area contributed by atoms with Crippen molar-refractivity contribution in [2.45, 2.75) is 52.1 Å². The van der Waals surface area contributed by atoms with Gasteiger partial charge in [-0.1, -0.05) is 57.0 Å². The second kappa shape index (κ2) is 7.45. The second-order valence-corrected chi connectivity index (χ2v) is 4.83. The maximum atomic E-state index is 9.83. The van der Waals surface area contributed by atoms with E-state index in [-0.39, 0.29) is 6.10 Å². The zero-order valence-corrected chi connectivity index (χ0v) is 10.5. The van der Waals surface area contributed by atoms with Crippen molar-refractivity contribution >= 4 is 0 Å². The van der Waals surface area contributed by atoms with Gasteiger partial charge in [0, 0.05) is 0 Å². The Labute approximate surface area is 99.5 Å². The Bertz CT molecular complexity index is 268. The van der Waals surface area contributed by atoms with Gasteiger partial charge in [-0.2, -0.15) is 0 Å². The van der Waals surface area contributed by atoms with E-state index in [1.54, 1.807) is 0 Å². The van der Waals surface area contributed by atoms with E-state index in [0.29, 0.717) is 5.92 Å². The number of rotatable bonds is 7. The quantitative estimate of drug-likeness (QED) is 0.741. The molecule has 0 aliphatic carbocycles. The Hall–Kier alpha value is -0.820. The molecule has 1 aromatic rings. The van der Waals surface area contributed by atoms with Gasteiger partial charge in [0.1, 0.15) is 0 Å². The zero-order valence-electron chi connectivity index (χ0n) is 10.5. The molecule has 0 saturated heterocycles. The fourth-order valence-corrected chi connectivity index (χ4v) is 2.12. The molecule has 0 spiro atoms. The van der Waals surface area contributed by atoms with Gasteiger partial charge in [0.25, 0.3) is 0 Å². The number of aliphatic hydroxyl groups is 1. The summed E-state index contributed by atoms with van der Waals surface area (Å²) in [5, 5.41) is 9.83. The fraction of sp³-hybridized carbons (Fsp3) is 0.600. The largest absolute Gasteiger partial charge is 0.393 e. The molecule has 16 heavy (non-hydrogen) atoms. The molecule has 0 radical (unpaired) electrons. The topological polar surface area (TPSA) is 20.2 Å². The van der Waals surface area contributed by atoms with Crippen molar-refractivity contribution in [3.05, 3.63) is 35.9 Å². The van der Waals surface area contributed by atoms with Crippen molar-refractivity contribution in [2.75, 3.05) is 0 Å². The highest BCUT2D eigenvalue weighted by Gasteiger charge is 2.10. The van der Waals surface area contributed by atoms with Crippen molar-refractivity contribution < 1.29 is 5.11 Å². The van der Waals surface area contributed by atoms with Crippen molar-refractivity contribution in [1.82, 2.24) is 0 Å². The molecule has 1 N–H and O–H groups in total. The van der Waals surface area contributed by atoms with E-state index in [4.69, 9.17) is 0 Å². The van der Waals surface area contributed by atoms with Crippen molar-refractivity contribution in [1.29, 1.82) is 0 Å². The molecular formula is C15H24O. The van der Waals surface area contributed by atoms with Crippen LogP contribution in [0.15, 0.2) is 30.3 Å². The summed E-state index contributed by atoms with van der Waals surface area (Å²) >= 11 is 0. The normalized spacial score (nSPS) is 14.7. The van der Waals surface area contributed by atoms with E-state index in [1.807, 2.05) is 6.07 Å². The first-order valence-electron chi connectivity index (χ1n) is 6.44. The summed E-state index contributed by atoms with van der Waals surface area (Å²) in [5.74, 6) is 0.564. The van der Waals surface area contributed by atoms with Crippen LogP contribution in [0.2, 0.25) is 0 Å². The van der Waals surface area contributed by atoms with Crippen LogP contribution < -0.4 is 0 Å². The molecule has 0 heterocycles. The predicted molar refractivity (Wildman–Crippen MR) is 69.5 cm³/mol. The van der Waals surface area contributed by atoms with Crippen molar-refractivity contribution in [3.8, 4) is 0 Å². The average Bonchev–Trinajstić information content (AvgIpc) is 2.27. The molecule has 1 aromatic carbocycles. The second-order valence-electron chi connectivity index (χ2n) is 4.83. The van der Waals surface area contributed by atoms with Crippen LogP contribution in [0.25, 0.3) is 0 Å². The van der Waals surface area contributed by atoms with Crippen LogP contribution >= 0.6 is 0 Å². The van der Waals surface area contributed by atoms with Crippen LogP contribution in [0.3, 0.4) is 0 Å². The van der Waals surface area contributed by atoms with Gasteiger partial charge in [0.05, 0.1) is 6.10 Å². The summed E-state index contributed by atoms with van der Waals surface area (Å²) in [6, 6.07) is 10.5. The van der Waals surface area contributed by atoms with E-state index in [0.717, 1.165) is 25.7 Å². The maximum absolute atomic E-state index is 9.83. The van der Waals surface area contributed by atoms with Gasteiger partial charge < -0.3 is 5.11 Å². The molecule has 0 amide bonds. The monoisotopic (exact) mass is 220 g/mol. The minimum atomic E-state index is -0.112. The zero-order chi connectivity index (χ0) is 11.8. The highest BCUT2D eigenvalue weighted by atomic mass is 16.3. The first-order valence-corrected chi connectivity index (χ1v) is 6.44. The van der Waals surface area contributed by atoms with Crippen LogP contribution in [0, 0.1) is 5.92 Å².